The van der Waals surface area contributed by atoms with Gasteiger partial charge in [0.05, 0.1) is 0 Å². The molecule has 0 amide bonds. The Hall–Kier alpha value is -0.650. The molecule has 0 heterocycles. The Kier molecular flexibility index (Phi) is 2.37. The molecule has 0 aromatic carbocycles. The molecule has 0 saturated heterocycles. The molecule has 0 radical (unpaired) electrons. The molecule has 0 aliphatic rings. The molecule has 0 rings (SSSR count). The van der Waals surface area contributed by atoms with E-state index in [-0.39, 0.29) is 0 Å². The summed E-state index contributed by atoms with van der Waals surface area (Å²) in [6.45, 7) is 4.89. The predicted octanol–water partition coefficient (Wildman–Crippen LogP) is 2.60. The lowest BCUT2D eigenvalue weighted by Gasteiger charge is -2.07. The Morgan fingerprint density at radius 2 is 1.30 bits per heavy atom. The van der Waals surface area contributed by atoms with Crippen LogP contribution in [0.2, 0.25) is 0 Å². The molecule has 0 N–H and O–H groups in total. The molecule has 0 aromatic rings. The third kappa shape index (κ3) is 7.35. The van der Waals surface area contributed by atoms with Gasteiger partial charge in [-0.1, -0.05) is 5.92 Å². The molecule has 0 aromatic heterocycles. The third-order valence-corrected chi connectivity index (χ3v) is 0.579. The van der Waals surface area contributed by atoms with Crippen LogP contribution in [0.5, 0.6) is 0 Å². The molecule has 0 spiro atoms. The minimum Gasteiger partial charge on any atom is -0.159 e. The van der Waals surface area contributed by atoms with E-state index >= 15 is 0 Å². The summed E-state index contributed by atoms with van der Waals surface area (Å²) in [7, 11) is 0. The summed E-state index contributed by atoms with van der Waals surface area (Å²) in [6.07, 6.45) is -4.35. The van der Waals surface area contributed by atoms with Gasteiger partial charge >= 0.3 is 6.18 Å². The average Bonchev–Trinajstić information content (AvgIpc) is 1.57. The van der Waals surface area contributed by atoms with Gasteiger partial charge in [0, 0.05) is 11.3 Å². The summed E-state index contributed by atoms with van der Waals surface area (Å²) in [5.74, 6) is 3.30. The van der Waals surface area contributed by atoms with Crippen molar-refractivity contribution in [3.05, 3.63) is 0 Å². The molecule has 0 aliphatic heterocycles. The lowest BCUT2D eigenvalue weighted by molar-refractivity contribution is -0.0699. The van der Waals surface area contributed by atoms with E-state index in [1.54, 1.807) is 20.8 Å². The number of rotatable bonds is 0. The first-order valence-electron chi connectivity index (χ1n) is 2.82. The van der Waals surface area contributed by atoms with Crippen LogP contribution >= 0.6 is 0 Å². The van der Waals surface area contributed by atoms with E-state index in [0.29, 0.717) is 0 Å². The monoisotopic (exact) mass is 150 g/mol. The van der Waals surface area contributed by atoms with Crippen LogP contribution in [0.25, 0.3) is 0 Å². The second kappa shape index (κ2) is 2.53. The quantitative estimate of drug-likeness (QED) is 0.465. The van der Waals surface area contributed by atoms with E-state index in [1.165, 1.54) is 5.92 Å². The fourth-order valence-electron chi connectivity index (χ4n) is 0.258. The van der Waals surface area contributed by atoms with Gasteiger partial charge in [0.15, 0.2) is 0 Å². The van der Waals surface area contributed by atoms with Crippen LogP contribution in [0.3, 0.4) is 0 Å². The van der Waals surface area contributed by atoms with Crippen molar-refractivity contribution in [1.29, 1.82) is 0 Å². The van der Waals surface area contributed by atoms with Crippen LogP contribution in [-0.4, -0.2) is 6.18 Å². The van der Waals surface area contributed by atoms with Crippen LogP contribution < -0.4 is 0 Å². The standard InChI is InChI=1S/C7H9F3/c1-6(2,3)4-5-7(8,9)10/h1-3H3. The lowest BCUT2D eigenvalue weighted by Crippen LogP contribution is -2.06. The topological polar surface area (TPSA) is 0 Å². The van der Waals surface area contributed by atoms with E-state index in [4.69, 9.17) is 0 Å². The molecule has 3 heteroatoms. The molecular formula is C7H9F3. The van der Waals surface area contributed by atoms with E-state index < -0.39 is 11.6 Å². The van der Waals surface area contributed by atoms with Gasteiger partial charge in [-0.25, -0.2) is 0 Å². The van der Waals surface area contributed by atoms with E-state index in [0.717, 1.165) is 0 Å². The minimum absolute atomic E-state index is 0.574. The van der Waals surface area contributed by atoms with Gasteiger partial charge in [-0.15, -0.1) is 0 Å². The molecule has 0 nitrogen and oxygen atoms in total. The first-order chi connectivity index (χ1) is 4.21. The molecular weight excluding hydrogens is 141 g/mol. The second-order valence-electron chi connectivity index (χ2n) is 3.00. The van der Waals surface area contributed by atoms with Crippen molar-refractivity contribution in [1.82, 2.24) is 0 Å². The minimum atomic E-state index is -4.35. The Morgan fingerprint density at radius 1 is 0.900 bits per heavy atom. The van der Waals surface area contributed by atoms with Gasteiger partial charge < -0.3 is 0 Å². The van der Waals surface area contributed by atoms with Crippen LogP contribution in [-0.2, 0) is 0 Å². The predicted molar refractivity (Wildman–Crippen MR) is 33.3 cm³/mol. The highest BCUT2D eigenvalue weighted by Gasteiger charge is 2.23. The maximum absolute atomic E-state index is 11.4. The Morgan fingerprint density at radius 3 is 1.40 bits per heavy atom. The summed E-state index contributed by atoms with van der Waals surface area (Å²) in [5, 5.41) is 0. The van der Waals surface area contributed by atoms with Crippen molar-refractivity contribution in [3.63, 3.8) is 0 Å². The highest BCUT2D eigenvalue weighted by molar-refractivity contribution is 5.11. The van der Waals surface area contributed by atoms with E-state index in [1.807, 2.05) is 0 Å². The fraction of sp³-hybridized carbons (Fsp3) is 0.714. The number of halogens is 3. The van der Waals surface area contributed by atoms with Crippen molar-refractivity contribution in [2.45, 2.75) is 26.9 Å². The van der Waals surface area contributed by atoms with Crippen molar-refractivity contribution >= 4 is 0 Å². The Bertz CT molecular complexity index is 142. The maximum Gasteiger partial charge on any atom is 0.457 e. The largest absolute Gasteiger partial charge is 0.457 e. The summed E-state index contributed by atoms with van der Waals surface area (Å²) in [6, 6.07) is 0. The van der Waals surface area contributed by atoms with Crippen molar-refractivity contribution in [3.8, 4) is 11.8 Å². The zero-order valence-electron chi connectivity index (χ0n) is 6.13. The summed E-state index contributed by atoms with van der Waals surface area (Å²) in [4.78, 5) is 0. The number of alkyl halides is 3. The molecule has 0 unspecified atom stereocenters. The van der Waals surface area contributed by atoms with Gasteiger partial charge in [0.1, 0.15) is 0 Å². The first kappa shape index (κ1) is 9.35. The van der Waals surface area contributed by atoms with Crippen LogP contribution in [0, 0.1) is 17.3 Å². The van der Waals surface area contributed by atoms with Crippen LogP contribution in [0.15, 0.2) is 0 Å². The van der Waals surface area contributed by atoms with Gasteiger partial charge in [0.25, 0.3) is 0 Å². The Labute approximate surface area is 58.4 Å². The lowest BCUT2D eigenvalue weighted by atomic mass is 9.98. The molecule has 0 fully saturated rings. The smallest absolute Gasteiger partial charge is 0.159 e. The van der Waals surface area contributed by atoms with Gasteiger partial charge in [0.2, 0.25) is 0 Å². The zero-order chi connectivity index (χ0) is 8.41. The number of hydrogen-bond donors (Lipinski definition) is 0. The summed E-state index contributed by atoms with van der Waals surface area (Å²) < 4.78 is 34.2. The molecule has 58 valence electrons. The van der Waals surface area contributed by atoms with Gasteiger partial charge in [-0.05, 0) is 20.8 Å². The van der Waals surface area contributed by atoms with Crippen molar-refractivity contribution in [2.24, 2.45) is 5.41 Å². The molecule has 0 aliphatic carbocycles. The zero-order valence-corrected chi connectivity index (χ0v) is 6.13. The van der Waals surface area contributed by atoms with Crippen LogP contribution in [0.4, 0.5) is 13.2 Å². The van der Waals surface area contributed by atoms with Gasteiger partial charge in [-0.2, -0.15) is 13.2 Å². The molecule has 0 bridgehead atoms. The SMILES string of the molecule is CC(C)(C)C#CC(F)(F)F. The normalized spacial score (nSPS) is 12.2. The van der Waals surface area contributed by atoms with E-state index in [2.05, 4.69) is 5.92 Å². The summed E-state index contributed by atoms with van der Waals surface area (Å²) in [5.41, 5.74) is -0.574. The molecule has 0 saturated carbocycles. The Balaban J connectivity index is 4.19. The average molecular weight is 150 g/mol. The van der Waals surface area contributed by atoms with Crippen LogP contribution in [0.1, 0.15) is 20.8 Å². The fourth-order valence-corrected chi connectivity index (χ4v) is 0.258. The summed E-state index contributed by atoms with van der Waals surface area (Å²) >= 11 is 0. The molecule has 10 heavy (non-hydrogen) atoms. The maximum atomic E-state index is 11.4. The third-order valence-electron chi connectivity index (χ3n) is 0.579. The second-order valence-corrected chi connectivity index (χ2v) is 3.00. The first-order valence-corrected chi connectivity index (χ1v) is 2.82. The highest BCUT2D eigenvalue weighted by atomic mass is 19.4. The van der Waals surface area contributed by atoms with Gasteiger partial charge in [-0.3, -0.25) is 0 Å². The molecule has 0 atom stereocenters. The van der Waals surface area contributed by atoms with E-state index in [9.17, 15) is 13.2 Å². The van der Waals surface area contributed by atoms with Crippen molar-refractivity contribution < 1.29 is 13.2 Å². The van der Waals surface area contributed by atoms with Crippen molar-refractivity contribution in [2.75, 3.05) is 0 Å². The number of hydrogen-bond acceptors (Lipinski definition) is 0. The highest BCUT2D eigenvalue weighted by Crippen LogP contribution is 2.16.